The molecular formula is C11H20N2O3. The Morgan fingerprint density at radius 1 is 1.44 bits per heavy atom. The summed E-state index contributed by atoms with van der Waals surface area (Å²) in [5, 5.41) is 11.8. The van der Waals surface area contributed by atoms with Gasteiger partial charge in [0.2, 0.25) is 5.91 Å². The van der Waals surface area contributed by atoms with E-state index in [2.05, 4.69) is 5.32 Å². The minimum Gasteiger partial charge on any atom is -0.478 e. The molecule has 0 aliphatic heterocycles. The Kier molecular flexibility index (Phi) is 5.74. The first-order valence-electron chi connectivity index (χ1n) is 5.24. The molecule has 0 radical (unpaired) electrons. The number of carboxylic acid groups (broad SMARTS) is 1. The summed E-state index contributed by atoms with van der Waals surface area (Å²) in [6.07, 6.45) is 2.31. The van der Waals surface area contributed by atoms with E-state index >= 15 is 0 Å². The number of nitrogens with two attached hydrogens (primary N) is 1. The van der Waals surface area contributed by atoms with E-state index in [-0.39, 0.29) is 12.3 Å². The van der Waals surface area contributed by atoms with Gasteiger partial charge in [0.1, 0.15) is 0 Å². The molecule has 5 nitrogen and oxygen atoms in total. The van der Waals surface area contributed by atoms with Gasteiger partial charge in [0.25, 0.3) is 0 Å². The van der Waals surface area contributed by atoms with Crippen LogP contribution in [0.1, 0.15) is 33.6 Å². The van der Waals surface area contributed by atoms with Crippen LogP contribution >= 0.6 is 0 Å². The Bertz CT molecular complexity index is 296. The maximum Gasteiger partial charge on any atom is 0.331 e. The van der Waals surface area contributed by atoms with Gasteiger partial charge >= 0.3 is 5.97 Å². The number of hydrogen-bond donors (Lipinski definition) is 3. The SMILES string of the molecule is CCC(=CCNC(C)(C)CC(N)=O)C(=O)O. The van der Waals surface area contributed by atoms with Gasteiger partial charge < -0.3 is 16.2 Å². The van der Waals surface area contributed by atoms with Crippen molar-refractivity contribution in [3.8, 4) is 0 Å². The van der Waals surface area contributed by atoms with Gasteiger partial charge in [0.15, 0.2) is 0 Å². The number of carbonyl (C=O) groups excluding carboxylic acids is 1. The molecule has 0 aromatic heterocycles. The van der Waals surface area contributed by atoms with Crippen LogP contribution in [0.3, 0.4) is 0 Å². The molecule has 92 valence electrons. The fourth-order valence-electron chi connectivity index (χ4n) is 1.33. The zero-order chi connectivity index (χ0) is 12.8. The molecule has 0 unspecified atom stereocenters. The fourth-order valence-corrected chi connectivity index (χ4v) is 1.33. The summed E-state index contributed by atoms with van der Waals surface area (Å²) in [5.41, 5.74) is 5.04. The second kappa shape index (κ2) is 6.27. The quantitative estimate of drug-likeness (QED) is 0.558. The molecule has 1 amide bonds. The number of primary amides is 1. The van der Waals surface area contributed by atoms with Crippen molar-refractivity contribution < 1.29 is 14.7 Å². The molecule has 0 saturated carbocycles. The van der Waals surface area contributed by atoms with Crippen molar-refractivity contribution in [2.75, 3.05) is 6.54 Å². The predicted octanol–water partition coefficient (Wildman–Crippen LogP) is 0.651. The summed E-state index contributed by atoms with van der Waals surface area (Å²) in [5.74, 6) is -1.28. The van der Waals surface area contributed by atoms with Crippen molar-refractivity contribution in [2.24, 2.45) is 5.73 Å². The molecule has 0 aromatic rings. The predicted molar refractivity (Wildman–Crippen MR) is 61.9 cm³/mol. The van der Waals surface area contributed by atoms with Crippen LogP contribution in [0.4, 0.5) is 0 Å². The van der Waals surface area contributed by atoms with Crippen LogP contribution in [-0.2, 0) is 9.59 Å². The molecule has 5 heteroatoms. The Morgan fingerprint density at radius 3 is 2.38 bits per heavy atom. The number of amides is 1. The maximum atomic E-state index is 10.7. The van der Waals surface area contributed by atoms with E-state index in [4.69, 9.17) is 10.8 Å². The van der Waals surface area contributed by atoms with E-state index in [0.717, 1.165) is 0 Å². The third-order valence-corrected chi connectivity index (χ3v) is 2.20. The molecule has 0 aromatic carbocycles. The van der Waals surface area contributed by atoms with Crippen molar-refractivity contribution in [3.05, 3.63) is 11.6 Å². The lowest BCUT2D eigenvalue weighted by Gasteiger charge is -2.24. The van der Waals surface area contributed by atoms with Crippen LogP contribution in [0, 0.1) is 0 Å². The number of carbonyl (C=O) groups is 2. The van der Waals surface area contributed by atoms with Crippen LogP contribution in [0.25, 0.3) is 0 Å². The lowest BCUT2D eigenvalue weighted by atomic mass is 10.0. The summed E-state index contributed by atoms with van der Waals surface area (Å²) in [6.45, 7) is 5.89. The van der Waals surface area contributed by atoms with E-state index < -0.39 is 11.5 Å². The number of aliphatic carboxylic acids is 1. The van der Waals surface area contributed by atoms with Crippen molar-refractivity contribution in [1.29, 1.82) is 0 Å². The summed E-state index contributed by atoms with van der Waals surface area (Å²) in [4.78, 5) is 21.4. The first-order valence-corrected chi connectivity index (χ1v) is 5.24. The van der Waals surface area contributed by atoms with Gasteiger partial charge in [-0.05, 0) is 20.3 Å². The molecule has 0 spiro atoms. The topological polar surface area (TPSA) is 92.4 Å². The molecular weight excluding hydrogens is 208 g/mol. The molecule has 0 heterocycles. The second-order valence-electron chi connectivity index (χ2n) is 4.30. The molecule has 0 bridgehead atoms. The highest BCUT2D eigenvalue weighted by atomic mass is 16.4. The normalized spacial score (nSPS) is 12.6. The summed E-state index contributed by atoms with van der Waals surface area (Å²) in [7, 11) is 0. The zero-order valence-corrected chi connectivity index (χ0v) is 10.0. The van der Waals surface area contributed by atoms with Crippen LogP contribution in [0.15, 0.2) is 11.6 Å². The van der Waals surface area contributed by atoms with Gasteiger partial charge in [-0.15, -0.1) is 0 Å². The molecule has 0 saturated heterocycles. The minimum absolute atomic E-state index is 0.218. The molecule has 4 N–H and O–H groups in total. The molecule has 16 heavy (non-hydrogen) atoms. The van der Waals surface area contributed by atoms with Crippen molar-refractivity contribution in [1.82, 2.24) is 5.32 Å². The highest BCUT2D eigenvalue weighted by molar-refractivity contribution is 5.86. The van der Waals surface area contributed by atoms with Crippen LogP contribution in [-0.4, -0.2) is 29.1 Å². The van der Waals surface area contributed by atoms with Crippen molar-refractivity contribution >= 4 is 11.9 Å². The van der Waals surface area contributed by atoms with E-state index in [1.54, 1.807) is 13.0 Å². The highest BCUT2D eigenvalue weighted by Gasteiger charge is 2.19. The van der Waals surface area contributed by atoms with Gasteiger partial charge in [-0.2, -0.15) is 0 Å². The lowest BCUT2D eigenvalue weighted by molar-refractivity contribution is -0.132. The largest absolute Gasteiger partial charge is 0.478 e. The fraction of sp³-hybridized carbons (Fsp3) is 0.636. The first kappa shape index (κ1) is 14.6. The summed E-state index contributed by atoms with van der Waals surface area (Å²) < 4.78 is 0. The molecule has 0 aliphatic carbocycles. The van der Waals surface area contributed by atoms with Gasteiger partial charge in [0, 0.05) is 24.1 Å². The van der Waals surface area contributed by atoms with E-state index in [1.807, 2.05) is 13.8 Å². The average Bonchev–Trinajstić information content (AvgIpc) is 2.09. The molecule has 0 fully saturated rings. The van der Waals surface area contributed by atoms with E-state index in [9.17, 15) is 9.59 Å². The molecule has 0 aliphatic rings. The number of carboxylic acids is 1. The van der Waals surface area contributed by atoms with Crippen LogP contribution in [0.5, 0.6) is 0 Å². The van der Waals surface area contributed by atoms with E-state index in [0.29, 0.717) is 18.5 Å². The van der Waals surface area contributed by atoms with E-state index in [1.165, 1.54) is 0 Å². The Hall–Kier alpha value is -1.36. The summed E-state index contributed by atoms with van der Waals surface area (Å²) >= 11 is 0. The third kappa shape index (κ3) is 6.19. The molecule has 0 rings (SSSR count). The Labute approximate surface area is 95.7 Å². The zero-order valence-electron chi connectivity index (χ0n) is 10.0. The second-order valence-corrected chi connectivity index (χ2v) is 4.30. The third-order valence-electron chi connectivity index (χ3n) is 2.20. The standard InChI is InChI=1S/C11H20N2O3/c1-4-8(10(15)16)5-6-13-11(2,3)7-9(12)14/h5,13H,4,6-7H2,1-3H3,(H2,12,14)(H,15,16). The highest BCUT2D eigenvalue weighted by Crippen LogP contribution is 2.07. The van der Waals surface area contributed by atoms with Gasteiger partial charge in [-0.3, -0.25) is 4.79 Å². The van der Waals surface area contributed by atoms with Crippen molar-refractivity contribution in [2.45, 2.75) is 39.2 Å². The van der Waals surface area contributed by atoms with Gasteiger partial charge in [-0.25, -0.2) is 4.79 Å². The van der Waals surface area contributed by atoms with Crippen molar-refractivity contribution in [3.63, 3.8) is 0 Å². The maximum absolute atomic E-state index is 10.7. The Morgan fingerprint density at radius 2 is 2.00 bits per heavy atom. The minimum atomic E-state index is -0.906. The van der Waals surface area contributed by atoms with Gasteiger partial charge in [0.05, 0.1) is 0 Å². The summed E-state index contributed by atoms with van der Waals surface area (Å²) in [6, 6.07) is 0. The smallest absolute Gasteiger partial charge is 0.331 e. The number of nitrogens with one attached hydrogen (secondary N) is 1. The monoisotopic (exact) mass is 228 g/mol. The lowest BCUT2D eigenvalue weighted by Crippen LogP contribution is -2.42. The van der Waals surface area contributed by atoms with Crippen LogP contribution in [0.2, 0.25) is 0 Å². The number of rotatable bonds is 7. The van der Waals surface area contributed by atoms with Crippen LogP contribution < -0.4 is 11.1 Å². The first-order chi connectivity index (χ1) is 7.28. The Balaban J connectivity index is 4.23. The molecule has 0 atom stereocenters. The number of hydrogen-bond acceptors (Lipinski definition) is 3. The van der Waals surface area contributed by atoms with Gasteiger partial charge in [-0.1, -0.05) is 13.0 Å². The average molecular weight is 228 g/mol.